The zero-order chi connectivity index (χ0) is 9.26. The van der Waals surface area contributed by atoms with E-state index in [-0.39, 0.29) is 6.04 Å². The first-order chi connectivity index (χ1) is 6.25. The van der Waals surface area contributed by atoms with Crippen molar-refractivity contribution in [2.45, 2.75) is 31.0 Å². The quantitative estimate of drug-likeness (QED) is 0.672. The Balaban J connectivity index is 2.08. The van der Waals surface area contributed by atoms with Crippen molar-refractivity contribution in [3.05, 3.63) is 5.89 Å². The summed E-state index contributed by atoms with van der Waals surface area (Å²) in [5.41, 5.74) is 0. The molecule has 0 radical (unpaired) electrons. The molecule has 1 aromatic rings. The van der Waals surface area contributed by atoms with Gasteiger partial charge in [0.25, 0.3) is 5.22 Å². The van der Waals surface area contributed by atoms with Gasteiger partial charge in [-0.25, -0.2) is 0 Å². The summed E-state index contributed by atoms with van der Waals surface area (Å²) in [4.78, 5) is 0. The number of nitrogens with one attached hydrogen (secondary N) is 1. The standard InChI is InChI=1S/C8H13N3OS/c1-5-2-3-9-6(4-5)7-10-11-8(13)12-7/h5-6,9H,2-4H2,1H3,(H,11,13)/t5?,6-/m1/s1. The number of hydrogen-bond acceptors (Lipinski definition) is 5. The third-order valence-corrected chi connectivity index (χ3v) is 2.57. The van der Waals surface area contributed by atoms with Gasteiger partial charge in [-0.2, -0.15) is 0 Å². The summed E-state index contributed by atoms with van der Waals surface area (Å²) in [6.07, 6.45) is 2.29. The average molecular weight is 199 g/mol. The van der Waals surface area contributed by atoms with Gasteiger partial charge in [0.1, 0.15) is 0 Å². The third-order valence-electron chi connectivity index (χ3n) is 2.39. The molecule has 0 bridgehead atoms. The van der Waals surface area contributed by atoms with Crippen molar-refractivity contribution < 1.29 is 4.42 Å². The van der Waals surface area contributed by atoms with Crippen molar-refractivity contribution in [3.8, 4) is 0 Å². The molecule has 2 atom stereocenters. The Kier molecular flexibility index (Phi) is 2.55. The molecule has 0 aromatic carbocycles. The lowest BCUT2D eigenvalue weighted by Gasteiger charge is -2.25. The molecule has 0 saturated carbocycles. The minimum Gasteiger partial charge on any atom is -0.414 e. The lowest BCUT2D eigenvalue weighted by Crippen LogP contribution is -2.30. The zero-order valence-electron chi connectivity index (χ0n) is 7.53. The first kappa shape index (κ1) is 9.02. The lowest BCUT2D eigenvalue weighted by atomic mass is 9.94. The molecule has 1 unspecified atom stereocenters. The molecule has 1 aliphatic heterocycles. The highest BCUT2D eigenvalue weighted by molar-refractivity contribution is 7.80. The van der Waals surface area contributed by atoms with Crippen LogP contribution >= 0.6 is 12.6 Å². The Hall–Kier alpha value is -0.550. The van der Waals surface area contributed by atoms with E-state index in [2.05, 4.69) is 35.1 Å². The van der Waals surface area contributed by atoms with Crippen LogP contribution in [0.1, 0.15) is 31.7 Å². The summed E-state index contributed by atoms with van der Waals surface area (Å²) in [7, 11) is 0. The number of piperidine rings is 1. The summed E-state index contributed by atoms with van der Waals surface area (Å²) in [5.74, 6) is 1.39. The van der Waals surface area contributed by atoms with Crippen LogP contribution in [0, 0.1) is 5.92 Å². The summed E-state index contributed by atoms with van der Waals surface area (Å²) < 4.78 is 5.25. The number of hydrogen-bond donors (Lipinski definition) is 2. The van der Waals surface area contributed by atoms with E-state index in [0.29, 0.717) is 11.1 Å². The number of aromatic nitrogens is 2. The molecule has 2 rings (SSSR count). The molecule has 0 spiro atoms. The fourth-order valence-corrected chi connectivity index (χ4v) is 1.80. The van der Waals surface area contributed by atoms with Crippen LogP contribution in [0.25, 0.3) is 0 Å². The van der Waals surface area contributed by atoms with Crippen molar-refractivity contribution in [2.24, 2.45) is 5.92 Å². The number of thiol groups is 1. The smallest absolute Gasteiger partial charge is 0.273 e. The molecule has 5 heteroatoms. The van der Waals surface area contributed by atoms with Crippen molar-refractivity contribution in [3.63, 3.8) is 0 Å². The third kappa shape index (κ3) is 2.03. The van der Waals surface area contributed by atoms with Gasteiger partial charge in [0.15, 0.2) is 0 Å². The molecular weight excluding hydrogens is 186 g/mol. The van der Waals surface area contributed by atoms with Crippen LogP contribution in [-0.2, 0) is 0 Å². The number of nitrogens with zero attached hydrogens (tertiary/aromatic N) is 2. The molecule has 4 nitrogen and oxygen atoms in total. The van der Waals surface area contributed by atoms with E-state index in [1.54, 1.807) is 0 Å². The molecular formula is C8H13N3OS. The Morgan fingerprint density at radius 1 is 1.54 bits per heavy atom. The summed E-state index contributed by atoms with van der Waals surface area (Å²) >= 11 is 3.98. The predicted molar refractivity (Wildman–Crippen MR) is 50.7 cm³/mol. The zero-order valence-corrected chi connectivity index (χ0v) is 8.42. The summed E-state index contributed by atoms with van der Waals surface area (Å²) in [6.45, 7) is 3.27. The van der Waals surface area contributed by atoms with Crippen LogP contribution in [0.5, 0.6) is 0 Å². The maximum atomic E-state index is 5.25. The van der Waals surface area contributed by atoms with Crippen molar-refractivity contribution in [1.29, 1.82) is 0 Å². The van der Waals surface area contributed by atoms with Crippen molar-refractivity contribution in [1.82, 2.24) is 15.5 Å². The normalized spacial score (nSPS) is 29.1. The highest BCUT2D eigenvalue weighted by Crippen LogP contribution is 2.26. The van der Waals surface area contributed by atoms with Crippen LogP contribution in [0.15, 0.2) is 9.64 Å². The van der Waals surface area contributed by atoms with Gasteiger partial charge in [0, 0.05) is 0 Å². The molecule has 2 heterocycles. The molecule has 0 aliphatic carbocycles. The van der Waals surface area contributed by atoms with Crippen LogP contribution in [0.3, 0.4) is 0 Å². The Morgan fingerprint density at radius 2 is 2.38 bits per heavy atom. The van der Waals surface area contributed by atoms with Crippen molar-refractivity contribution >= 4 is 12.6 Å². The van der Waals surface area contributed by atoms with Crippen LogP contribution < -0.4 is 5.32 Å². The van der Waals surface area contributed by atoms with Crippen molar-refractivity contribution in [2.75, 3.05) is 6.54 Å². The fourth-order valence-electron chi connectivity index (χ4n) is 1.66. The van der Waals surface area contributed by atoms with Gasteiger partial charge in [0.05, 0.1) is 6.04 Å². The maximum Gasteiger partial charge on any atom is 0.273 e. The van der Waals surface area contributed by atoms with Gasteiger partial charge < -0.3 is 9.73 Å². The summed E-state index contributed by atoms with van der Waals surface area (Å²) in [6, 6.07) is 0.220. The highest BCUT2D eigenvalue weighted by Gasteiger charge is 2.23. The van der Waals surface area contributed by atoms with Crippen LogP contribution in [0.2, 0.25) is 0 Å². The van der Waals surface area contributed by atoms with Gasteiger partial charge in [-0.3, -0.25) is 0 Å². The van der Waals surface area contributed by atoms with E-state index in [1.165, 1.54) is 6.42 Å². The Morgan fingerprint density at radius 3 is 3.00 bits per heavy atom. The van der Waals surface area contributed by atoms with E-state index < -0.39 is 0 Å². The van der Waals surface area contributed by atoms with E-state index in [1.807, 2.05) is 0 Å². The van der Waals surface area contributed by atoms with Gasteiger partial charge in [-0.05, 0) is 25.3 Å². The number of rotatable bonds is 1. The second kappa shape index (κ2) is 3.67. The molecule has 1 saturated heterocycles. The van der Waals surface area contributed by atoms with E-state index in [0.717, 1.165) is 18.9 Å². The van der Waals surface area contributed by atoms with Crippen LogP contribution in [-0.4, -0.2) is 16.7 Å². The first-order valence-electron chi connectivity index (χ1n) is 4.51. The topological polar surface area (TPSA) is 51.0 Å². The van der Waals surface area contributed by atoms with Gasteiger partial charge >= 0.3 is 0 Å². The molecule has 13 heavy (non-hydrogen) atoms. The SMILES string of the molecule is CC1CCN[C@@H](c2nnc(S)o2)C1. The van der Waals surface area contributed by atoms with E-state index >= 15 is 0 Å². The Labute approximate surface area is 82.5 Å². The monoisotopic (exact) mass is 199 g/mol. The minimum atomic E-state index is 0.220. The Bertz CT molecular complexity index is 289. The molecule has 1 fully saturated rings. The minimum absolute atomic E-state index is 0.220. The largest absolute Gasteiger partial charge is 0.414 e. The first-order valence-corrected chi connectivity index (χ1v) is 4.96. The second-order valence-corrected chi connectivity index (χ2v) is 3.94. The maximum absolute atomic E-state index is 5.25. The summed E-state index contributed by atoms with van der Waals surface area (Å²) in [5, 5.41) is 11.3. The highest BCUT2D eigenvalue weighted by atomic mass is 32.1. The fraction of sp³-hybridized carbons (Fsp3) is 0.750. The second-order valence-electron chi connectivity index (χ2n) is 3.56. The van der Waals surface area contributed by atoms with Gasteiger partial charge in [-0.15, -0.1) is 10.2 Å². The predicted octanol–water partition coefficient (Wildman–Crippen LogP) is 1.42. The molecule has 1 aromatic heterocycles. The van der Waals surface area contributed by atoms with Gasteiger partial charge in [0.2, 0.25) is 5.89 Å². The lowest BCUT2D eigenvalue weighted by molar-refractivity contribution is 0.270. The average Bonchev–Trinajstić information content (AvgIpc) is 2.52. The molecule has 1 aliphatic rings. The molecule has 0 amide bonds. The van der Waals surface area contributed by atoms with Crippen LogP contribution in [0.4, 0.5) is 0 Å². The van der Waals surface area contributed by atoms with E-state index in [9.17, 15) is 0 Å². The molecule has 1 N–H and O–H groups in total. The van der Waals surface area contributed by atoms with E-state index in [4.69, 9.17) is 4.42 Å². The molecule has 72 valence electrons. The van der Waals surface area contributed by atoms with Gasteiger partial charge in [-0.1, -0.05) is 19.6 Å².